The van der Waals surface area contributed by atoms with Gasteiger partial charge in [0.25, 0.3) is 12.4 Å². The molecular formula is C9H17Cl3O5. The Kier molecular flexibility index (Phi) is 36.7. The SMILES string of the molecule is CC(=O)O.CC(C)=O.CCOC=O.ClC(Cl)Cl. The van der Waals surface area contributed by atoms with E-state index in [0.717, 1.165) is 6.92 Å². The molecule has 0 saturated heterocycles. The van der Waals surface area contributed by atoms with Crippen molar-refractivity contribution in [1.82, 2.24) is 0 Å². The van der Waals surface area contributed by atoms with E-state index in [1.165, 1.54) is 13.8 Å². The zero-order chi connectivity index (χ0) is 14.9. The van der Waals surface area contributed by atoms with E-state index >= 15 is 0 Å². The molecular weight excluding hydrogens is 294 g/mol. The zero-order valence-corrected chi connectivity index (χ0v) is 12.3. The molecule has 0 saturated carbocycles. The summed E-state index contributed by atoms with van der Waals surface area (Å²) in [5.41, 5.74) is 0. The monoisotopic (exact) mass is 310 g/mol. The minimum Gasteiger partial charge on any atom is -0.481 e. The molecule has 0 spiro atoms. The van der Waals surface area contributed by atoms with Crippen molar-refractivity contribution in [3.8, 4) is 0 Å². The van der Waals surface area contributed by atoms with Crippen LogP contribution in [0.2, 0.25) is 0 Å². The lowest BCUT2D eigenvalue weighted by Gasteiger charge is -1.79. The van der Waals surface area contributed by atoms with Crippen LogP contribution < -0.4 is 0 Å². The number of Topliss-reactive ketones (excluding diaryl/α,β-unsaturated/α-hetero) is 1. The molecule has 0 aromatic rings. The van der Waals surface area contributed by atoms with Crippen molar-refractivity contribution in [3.63, 3.8) is 0 Å². The molecule has 0 atom stereocenters. The molecule has 8 heteroatoms. The van der Waals surface area contributed by atoms with Crippen molar-refractivity contribution in [2.45, 2.75) is 32.0 Å². The summed E-state index contributed by atoms with van der Waals surface area (Å²) in [7, 11) is 0. The Morgan fingerprint density at radius 2 is 1.41 bits per heavy atom. The second kappa shape index (κ2) is 24.6. The van der Waals surface area contributed by atoms with Crippen LogP contribution in [-0.4, -0.2) is 34.2 Å². The molecule has 17 heavy (non-hydrogen) atoms. The van der Waals surface area contributed by atoms with Crippen molar-refractivity contribution >= 4 is 53.0 Å². The minimum absolute atomic E-state index is 0.167. The largest absolute Gasteiger partial charge is 0.481 e. The molecule has 5 nitrogen and oxygen atoms in total. The summed E-state index contributed by atoms with van der Waals surface area (Å²) in [6.45, 7) is 6.80. The summed E-state index contributed by atoms with van der Waals surface area (Å²) in [4.78, 5) is 27.6. The summed E-state index contributed by atoms with van der Waals surface area (Å²) in [5.74, 6) is -0.667. The van der Waals surface area contributed by atoms with E-state index in [4.69, 9.17) is 44.7 Å². The highest BCUT2D eigenvalue weighted by Crippen LogP contribution is 2.03. The highest BCUT2D eigenvalue weighted by atomic mass is 35.6. The summed E-state index contributed by atoms with van der Waals surface area (Å²) < 4.78 is 3.40. The average molecular weight is 312 g/mol. The number of carbonyl (C=O) groups is 3. The summed E-state index contributed by atoms with van der Waals surface area (Å²) in [6, 6.07) is 0. The number of carboxylic acid groups (broad SMARTS) is 1. The Balaban J connectivity index is -0.0000000667. The highest BCUT2D eigenvalue weighted by molar-refractivity contribution is 6.63. The number of rotatable bonds is 2. The summed E-state index contributed by atoms with van der Waals surface area (Å²) >= 11 is 14.4. The van der Waals surface area contributed by atoms with Crippen LogP contribution in [0.4, 0.5) is 0 Å². The fourth-order valence-corrected chi connectivity index (χ4v) is 0.0680. The molecule has 0 rings (SSSR count). The molecule has 0 unspecified atom stereocenters. The van der Waals surface area contributed by atoms with E-state index in [1.54, 1.807) is 6.92 Å². The first-order valence-corrected chi connectivity index (χ1v) is 5.56. The number of hydrogen-bond acceptors (Lipinski definition) is 4. The van der Waals surface area contributed by atoms with Crippen molar-refractivity contribution < 1.29 is 24.2 Å². The number of aliphatic carboxylic acids is 1. The van der Waals surface area contributed by atoms with Crippen LogP contribution in [0.25, 0.3) is 0 Å². The summed E-state index contributed by atoms with van der Waals surface area (Å²) in [6.07, 6.45) is 0. The lowest BCUT2D eigenvalue weighted by atomic mass is 10.6. The maximum Gasteiger partial charge on any atom is 0.300 e. The van der Waals surface area contributed by atoms with Gasteiger partial charge in [-0.2, -0.15) is 0 Å². The minimum atomic E-state index is -0.833. The number of carboxylic acids is 1. The van der Waals surface area contributed by atoms with Gasteiger partial charge in [0.1, 0.15) is 5.78 Å². The maximum atomic E-state index is 9.44. The van der Waals surface area contributed by atoms with Crippen LogP contribution >= 0.6 is 34.8 Å². The second-order valence-electron chi connectivity index (χ2n) is 2.23. The molecule has 0 aliphatic rings. The predicted octanol–water partition coefficient (Wildman–Crippen LogP) is 2.85. The Bertz CT molecular complexity index is 163. The van der Waals surface area contributed by atoms with E-state index in [0.29, 0.717) is 13.1 Å². The molecule has 0 aliphatic carbocycles. The number of hydrogen-bond donors (Lipinski definition) is 1. The van der Waals surface area contributed by atoms with Crippen LogP contribution in [0.3, 0.4) is 0 Å². The molecule has 0 fully saturated rings. The lowest BCUT2D eigenvalue weighted by molar-refractivity contribution is -0.134. The van der Waals surface area contributed by atoms with Crippen LogP contribution in [-0.2, 0) is 19.1 Å². The van der Waals surface area contributed by atoms with Gasteiger partial charge >= 0.3 is 0 Å². The van der Waals surface area contributed by atoms with E-state index < -0.39 is 10.3 Å². The quantitative estimate of drug-likeness (QED) is 0.626. The first kappa shape index (κ1) is 25.4. The van der Waals surface area contributed by atoms with Gasteiger partial charge in [-0.25, -0.2) is 0 Å². The predicted molar refractivity (Wildman–Crippen MR) is 68.7 cm³/mol. The topological polar surface area (TPSA) is 80.7 Å². The molecule has 0 radical (unpaired) electrons. The van der Waals surface area contributed by atoms with E-state index in [1.807, 2.05) is 0 Å². The molecule has 0 amide bonds. The molecule has 0 heterocycles. The fraction of sp³-hybridized carbons (Fsp3) is 0.667. The third-order valence-electron chi connectivity index (χ3n) is 0.235. The van der Waals surface area contributed by atoms with Crippen LogP contribution in [0, 0.1) is 0 Å². The standard InChI is InChI=1S/C3H6O2.C3H6O.C2H4O2.CHCl3/c1-2-5-3-4;1-3(2)4;1-2(3)4;2-1(3)4/h3H,2H2,1H3;1-2H3;1H3,(H,3,4);1H. The second-order valence-corrected chi connectivity index (χ2v) is 4.21. The number of carbonyl (C=O) groups excluding carboxylic acids is 2. The summed E-state index contributed by atoms with van der Waals surface area (Å²) in [5, 5.41) is 7.42. The first-order valence-electron chi connectivity index (χ1n) is 4.25. The van der Waals surface area contributed by atoms with E-state index in [9.17, 15) is 9.59 Å². The molecule has 0 aromatic heterocycles. The van der Waals surface area contributed by atoms with E-state index in [2.05, 4.69) is 4.74 Å². The van der Waals surface area contributed by atoms with Crippen LogP contribution in [0.5, 0.6) is 0 Å². The molecule has 0 bridgehead atoms. The van der Waals surface area contributed by atoms with Gasteiger partial charge in [0.15, 0.2) is 4.30 Å². The zero-order valence-electron chi connectivity index (χ0n) is 10.1. The van der Waals surface area contributed by atoms with E-state index in [-0.39, 0.29) is 5.78 Å². The lowest BCUT2D eigenvalue weighted by Crippen LogP contribution is -1.80. The molecule has 1 N–H and O–H groups in total. The highest BCUT2D eigenvalue weighted by Gasteiger charge is 1.78. The van der Waals surface area contributed by atoms with Crippen LogP contribution in [0.1, 0.15) is 27.7 Å². The number of alkyl halides is 3. The van der Waals surface area contributed by atoms with Crippen molar-refractivity contribution in [2.24, 2.45) is 0 Å². The van der Waals surface area contributed by atoms with Crippen molar-refractivity contribution in [2.75, 3.05) is 6.61 Å². The van der Waals surface area contributed by atoms with Gasteiger partial charge in [-0.1, -0.05) is 34.8 Å². The Morgan fingerprint density at radius 1 is 1.24 bits per heavy atom. The van der Waals surface area contributed by atoms with Gasteiger partial charge in [0, 0.05) is 6.92 Å². The van der Waals surface area contributed by atoms with Gasteiger partial charge in [0.05, 0.1) is 6.61 Å². The van der Waals surface area contributed by atoms with Crippen molar-refractivity contribution in [3.05, 3.63) is 0 Å². The first-order chi connectivity index (χ1) is 7.61. The third kappa shape index (κ3) is 1280. The van der Waals surface area contributed by atoms with Crippen molar-refractivity contribution in [1.29, 1.82) is 0 Å². The molecule has 0 aliphatic heterocycles. The third-order valence-corrected chi connectivity index (χ3v) is 0.235. The average Bonchev–Trinajstić information content (AvgIpc) is 2.01. The normalized spacial score (nSPS) is 7.06. The number of ketones is 1. The maximum absolute atomic E-state index is 9.44. The fourth-order valence-electron chi connectivity index (χ4n) is 0.0680. The molecule has 0 aromatic carbocycles. The Labute approximate surface area is 116 Å². The number of halogens is 3. The van der Waals surface area contributed by atoms with Crippen LogP contribution in [0.15, 0.2) is 0 Å². The Hall–Kier alpha value is -0.520. The molecule has 104 valence electrons. The number of ether oxygens (including phenoxy) is 1. The van der Waals surface area contributed by atoms with Gasteiger partial charge in [-0.3, -0.25) is 9.59 Å². The van der Waals surface area contributed by atoms with Gasteiger partial charge in [-0.15, -0.1) is 0 Å². The Morgan fingerprint density at radius 3 is 1.41 bits per heavy atom. The van der Waals surface area contributed by atoms with Gasteiger partial charge in [0.2, 0.25) is 0 Å². The van der Waals surface area contributed by atoms with Gasteiger partial charge < -0.3 is 14.6 Å². The van der Waals surface area contributed by atoms with Gasteiger partial charge in [-0.05, 0) is 20.8 Å². The smallest absolute Gasteiger partial charge is 0.300 e.